The van der Waals surface area contributed by atoms with Crippen LogP contribution >= 0.6 is 0 Å². The maximum atomic E-state index is 13.4. The minimum absolute atomic E-state index is 0.0108. The van der Waals surface area contributed by atoms with Crippen molar-refractivity contribution in [1.82, 2.24) is 30.7 Å². The minimum atomic E-state index is -1.13. The molecule has 45 heavy (non-hydrogen) atoms. The van der Waals surface area contributed by atoms with E-state index in [9.17, 15) is 14.4 Å². The molecule has 2 aliphatic heterocycles. The monoisotopic (exact) mass is 622 g/mol. The van der Waals surface area contributed by atoms with Gasteiger partial charge in [0, 0.05) is 50.4 Å². The predicted octanol–water partition coefficient (Wildman–Crippen LogP) is 3.88. The molecule has 0 saturated carbocycles. The lowest BCUT2D eigenvalue weighted by molar-refractivity contribution is -0.138. The van der Waals surface area contributed by atoms with E-state index in [1.165, 1.54) is 0 Å². The molecule has 0 atom stereocenters. The predicted molar refractivity (Wildman–Crippen MR) is 168 cm³/mol. The van der Waals surface area contributed by atoms with Crippen LogP contribution in [-0.2, 0) is 14.3 Å². The van der Waals surface area contributed by atoms with Crippen molar-refractivity contribution in [2.24, 2.45) is 0 Å². The second-order valence-electron chi connectivity index (χ2n) is 12.8. The number of amides is 4. The molecule has 242 valence electrons. The first-order valence-electron chi connectivity index (χ1n) is 15.2. The SMILES string of the molecule is CNC(=O)Nc1ccc(-c2nc(N3CCOCC3)c3onc(C4CCN(C(=O)C(C)(C)NC(=O)OC(C)(C)C)CC4)c3n2)cc1. The lowest BCUT2D eigenvalue weighted by Crippen LogP contribution is -2.57. The Morgan fingerprint density at radius 1 is 0.956 bits per heavy atom. The van der Waals surface area contributed by atoms with Crippen LogP contribution in [0.4, 0.5) is 21.1 Å². The van der Waals surface area contributed by atoms with E-state index in [0.717, 1.165) is 11.3 Å². The molecule has 0 unspecified atom stereocenters. The fourth-order valence-electron chi connectivity index (χ4n) is 5.48. The number of piperidine rings is 1. The molecule has 0 aliphatic carbocycles. The van der Waals surface area contributed by atoms with E-state index in [1.54, 1.807) is 58.7 Å². The van der Waals surface area contributed by atoms with Crippen LogP contribution in [0.1, 0.15) is 59.1 Å². The minimum Gasteiger partial charge on any atom is -0.444 e. The van der Waals surface area contributed by atoms with E-state index in [0.29, 0.717) is 80.7 Å². The summed E-state index contributed by atoms with van der Waals surface area (Å²) < 4.78 is 16.8. The smallest absolute Gasteiger partial charge is 0.408 e. The van der Waals surface area contributed by atoms with Gasteiger partial charge in [-0.1, -0.05) is 5.16 Å². The van der Waals surface area contributed by atoms with Gasteiger partial charge in [-0.05, 0) is 71.7 Å². The topological polar surface area (TPSA) is 164 Å². The number of urea groups is 1. The molecule has 1 aromatic carbocycles. The van der Waals surface area contributed by atoms with Gasteiger partial charge in [-0.25, -0.2) is 19.6 Å². The maximum Gasteiger partial charge on any atom is 0.408 e. The van der Waals surface area contributed by atoms with Crippen molar-refractivity contribution < 1.29 is 28.4 Å². The fraction of sp³-hybridized carbons (Fsp3) is 0.548. The first kappa shape index (κ1) is 31.9. The Kier molecular flexibility index (Phi) is 9.14. The Morgan fingerprint density at radius 3 is 2.24 bits per heavy atom. The zero-order valence-corrected chi connectivity index (χ0v) is 26.7. The van der Waals surface area contributed by atoms with E-state index in [1.807, 2.05) is 12.1 Å². The van der Waals surface area contributed by atoms with Gasteiger partial charge in [0.25, 0.3) is 0 Å². The molecule has 0 bridgehead atoms. The zero-order valence-electron chi connectivity index (χ0n) is 26.7. The van der Waals surface area contributed by atoms with E-state index >= 15 is 0 Å². The Hall–Kier alpha value is -4.46. The third-order valence-electron chi connectivity index (χ3n) is 7.78. The number of nitrogens with one attached hydrogen (secondary N) is 3. The van der Waals surface area contributed by atoms with Gasteiger partial charge < -0.3 is 39.7 Å². The number of aromatic nitrogens is 3. The first-order chi connectivity index (χ1) is 21.3. The van der Waals surface area contributed by atoms with Crippen molar-refractivity contribution in [2.45, 2.75) is 64.5 Å². The molecular weight excluding hydrogens is 580 g/mol. The Balaban J connectivity index is 1.37. The van der Waals surface area contributed by atoms with Crippen molar-refractivity contribution >= 4 is 40.6 Å². The standard InChI is InChI=1S/C31H42N8O6/c1-30(2,3)44-29(42)36-31(4,5)27(40)39-13-11-19(12-14-39)22-23-24(45-37-22)26(38-15-17-43-18-16-38)35-25(34-23)20-7-9-21(10-8-20)33-28(41)32-6/h7-10,19H,11-18H2,1-6H3,(H,36,42)(H2,32,33,41). The molecule has 4 heterocycles. The molecule has 2 saturated heterocycles. The summed E-state index contributed by atoms with van der Waals surface area (Å²) in [5.41, 5.74) is 1.53. The number of ether oxygens (including phenoxy) is 2. The first-order valence-corrected chi connectivity index (χ1v) is 15.2. The summed E-state index contributed by atoms with van der Waals surface area (Å²) in [6.45, 7) is 12.2. The second-order valence-corrected chi connectivity index (χ2v) is 12.8. The number of hydrogen-bond donors (Lipinski definition) is 3. The van der Waals surface area contributed by atoms with Crippen LogP contribution < -0.4 is 20.9 Å². The van der Waals surface area contributed by atoms with E-state index in [-0.39, 0.29) is 17.9 Å². The Bertz CT molecular complexity index is 1530. The number of fused-ring (bicyclic) bond motifs is 1. The van der Waals surface area contributed by atoms with Crippen LogP contribution in [0.15, 0.2) is 28.8 Å². The molecule has 2 aromatic heterocycles. The number of carbonyl (C=O) groups is 3. The van der Waals surface area contributed by atoms with Crippen LogP contribution in [-0.4, -0.2) is 95.6 Å². The van der Waals surface area contributed by atoms with Gasteiger partial charge in [0.15, 0.2) is 11.6 Å². The number of rotatable bonds is 6. The molecule has 0 spiro atoms. The quantitative estimate of drug-likeness (QED) is 0.368. The summed E-state index contributed by atoms with van der Waals surface area (Å²) in [6.07, 6.45) is 0.679. The molecule has 3 N–H and O–H groups in total. The van der Waals surface area contributed by atoms with Crippen LogP contribution in [0.5, 0.6) is 0 Å². The number of hydrogen-bond acceptors (Lipinski definition) is 10. The lowest BCUT2D eigenvalue weighted by atomic mass is 9.91. The molecule has 14 nitrogen and oxygen atoms in total. The van der Waals surface area contributed by atoms with E-state index in [2.05, 4.69) is 26.0 Å². The largest absolute Gasteiger partial charge is 0.444 e. The van der Waals surface area contributed by atoms with Crippen molar-refractivity contribution in [1.29, 1.82) is 0 Å². The number of carbonyl (C=O) groups excluding carboxylic acids is 3. The van der Waals surface area contributed by atoms with Gasteiger partial charge >= 0.3 is 12.1 Å². The van der Waals surface area contributed by atoms with Crippen molar-refractivity contribution in [3.05, 3.63) is 30.0 Å². The molecule has 2 fully saturated rings. The van der Waals surface area contributed by atoms with Gasteiger partial charge in [-0.15, -0.1) is 0 Å². The summed E-state index contributed by atoms with van der Waals surface area (Å²) in [5.74, 6) is 1.01. The molecule has 2 aliphatic rings. The van der Waals surface area contributed by atoms with Crippen LogP contribution in [0.3, 0.4) is 0 Å². The molecular formula is C31H42N8O6. The Labute approximate surface area is 262 Å². The third kappa shape index (κ3) is 7.44. The normalized spacial score (nSPS) is 16.4. The molecule has 0 radical (unpaired) electrons. The highest BCUT2D eigenvalue weighted by molar-refractivity contribution is 5.91. The van der Waals surface area contributed by atoms with Crippen LogP contribution in [0.25, 0.3) is 22.5 Å². The number of nitrogens with zero attached hydrogens (tertiary/aromatic N) is 5. The fourth-order valence-corrected chi connectivity index (χ4v) is 5.48. The van der Waals surface area contributed by atoms with Crippen molar-refractivity contribution in [3.63, 3.8) is 0 Å². The summed E-state index contributed by atoms with van der Waals surface area (Å²) >= 11 is 0. The molecule has 14 heteroatoms. The number of likely N-dealkylation sites (tertiary alicyclic amines) is 1. The molecule has 4 amide bonds. The zero-order chi connectivity index (χ0) is 32.4. The van der Waals surface area contributed by atoms with Crippen molar-refractivity contribution in [2.75, 3.05) is 56.7 Å². The van der Waals surface area contributed by atoms with Crippen LogP contribution in [0.2, 0.25) is 0 Å². The maximum absolute atomic E-state index is 13.4. The summed E-state index contributed by atoms with van der Waals surface area (Å²) in [6, 6.07) is 7.01. The lowest BCUT2D eigenvalue weighted by Gasteiger charge is -2.37. The van der Waals surface area contributed by atoms with Gasteiger partial charge in [0.1, 0.15) is 22.4 Å². The van der Waals surface area contributed by atoms with Gasteiger partial charge in [0.2, 0.25) is 11.5 Å². The highest BCUT2D eigenvalue weighted by Gasteiger charge is 2.38. The summed E-state index contributed by atoms with van der Waals surface area (Å²) in [5, 5.41) is 12.5. The molecule has 5 rings (SSSR count). The van der Waals surface area contributed by atoms with Crippen molar-refractivity contribution in [3.8, 4) is 11.4 Å². The second kappa shape index (κ2) is 12.9. The van der Waals surface area contributed by atoms with Gasteiger partial charge in [-0.3, -0.25) is 4.79 Å². The van der Waals surface area contributed by atoms with Crippen LogP contribution in [0, 0.1) is 0 Å². The number of benzene rings is 1. The average molecular weight is 623 g/mol. The van der Waals surface area contributed by atoms with E-state index in [4.69, 9.17) is 24.0 Å². The van der Waals surface area contributed by atoms with E-state index < -0.39 is 17.2 Å². The van der Waals surface area contributed by atoms with Gasteiger partial charge in [-0.2, -0.15) is 0 Å². The number of anilines is 2. The Morgan fingerprint density at radius 2 is 1.62 bits per heavy atom. The summed E-state index contributed by atoms with van der Waals surface area (Å²) in [4.78, 5) is 51.2. The summed E-state index contributed by atoms with van der Waals surface area (Å²) in [7, 11) is 1.56. The number of morpholine rings is 1. The molecule has 3 aromatic rings. The third-order valence-corrected chi connectivity index (χ3v) is 7.78. The highest BCUT2D eigenvalue weighted by Crippen LogP contribution is 2.36. The average Bonchev–Trinajstić information content (AvgIpc) is 3.44. The highest BCUT2D eigenvalue weighted by atomic mass is 16.6. The van der Waals surface area contributed by atoms with Gasteiger partial charge in [0.05, 0.1) is 13.2 Å². The number of alkyl carbamates (subject to hydrolysis) is 1.